The van der Waals surface area contributed by atoms with Crippen molar-refractivity contribution < 1.29 is 9.53 Å². The minimum atomic E-state index is -0.0346. The molecule has 4 nitrogen and oxygen atoms in total. The van der Waals surface area contributed by atoms with E-state index < -0.39 is 0 Å². The van der Waals surface area contributed by atoms with Gasteiger partial charge in [0.25, 0.3) is 0 Å². The highest BCUT2D eigenvalue weighted by molar-refractivity contribution is 5.77. The maximum absolute atomic E-state index is 12.2. The number of nitrogens with zero attached hydrogens (tertiary/aromatic N) is 1. The number of ether oxygens (including phenoxy) is 1. The molecule has 154 valence electrons. The van der Waals surface area contributed by atoms with E-state index in [4.69, 9.17) is 4.74 Å². The molecule has 29 heavy (non-hydrogen) atoms. The molecule has 1 saturated carbocycles. The summed E-state index contributed by atoms with van der Waals surface area (Å²) in [5, 5.41) is 3.02. The Morgan fingerprint density at radius 2 is 1.69 bits per heavy atom. The molecule has 1 aliphatic carbocycles. The average molecular weight is 393 g/mol. The van der Waals surface area contributed by atoms with Crippen LogP contribution in [0, 0.1) is 0 Å². The van der Waals surface area contributed by atoms with Gasteiger partial charge in [0.05, 0.1) is 6.10 Å². The van der Waals surface area contributed by atoms with Gasteiger partial charge in [-0.1, -0.05) is 61.4 Å². The third kappa shape index (κ3) is 5.68. The number of hydrogen-bond donors (Lipinski definition) is 1. The van der Waals surface area contributed by atoms with Gasteiger partial charge >= 0.3 is 0 Å². The molecule has 0 unspecified atom stereocenters. The second-order valence-electron chi connectivity index (χ2n) is 8.33. The van der Waals surface area contributed by atoms with Crippen molar-refractivity contribution in [3.8, 4) is 11.1 Å². The van der Waals surface area contributed by atoms with E-state index in [0.717, 1.165) is 24.9 Å². The summed E-state index contributed by atoms with van der Waals surface area (Å²) in [4.78, 5) is 14.7. The minimum absolute atomic E-state index is 0.0346. The van der Waals surface area contributed by atoms with E-state index in [2.05, 4.69) is 52.7 Å². The number of carbonyl (C=O) groups is 1. The second-order valence-corrected chi connectivity index (χ2v) is 8.33. The molecule has 2 aliphatic rings. The van der Waals surface area contributed by atoms with Crippen LogP contribution in [-0.4, -0.2) is 36.6 Å². The Balaban J connectivity index is 1.34. The molecule has 2 fully saturated rings. The van der Waals surface area contributed by atoms with Gasteiger partial charge in [0.1, 0.15) is 6.61 Å². The highest BCUT2D eigenvalue weighted by Crippen LogP contribution is 2.25. The van der Waals surface area contributed by atoms with Crippen molar-refractivity contribution in [2.24, 2.45) is 0 Å². The van der Waals surface area contributed by atoms with Crippen molar-refractivity contribution in [1.82, 2.24) is 10.2 Å². The fraction of sp³-hybridized carbons (Fsp3) is 0.480. The summed E-state index contributed by atoms with van der Waals surface area (Å²) in [5.74, 6) is -0.0346. The van der Waals surface area contributed by atoms with E-state index in [1.54, 1.807) is 0 Å². The lowest BCUT2D eigenvalue weighted by molar-refractivity contribution is -0.127. The molecule has 2 aromatic carbocycles. The van der Waals surface area contributed by atoms with Crippen LogP contribution in [0.1, 0.15) is 49.7 Å². The fourth-order valence-electron chi connectivity index (χ4n) is 4.44. The third-order valence-electron chi connectivity index (χ3n) is 6.12. The minimum Gasteiger partial charge on any atom is -0.368 e. The van der Waals surface area contributed by atoms with Crippen LogP contribution in [0.5, 0.6) is 0 Å². The van der Waals surface area contributed by atoms with Crippen molar-refractivity contribution in [2.75, 3.05) is 19.7 Å². The predicted octanol–water partition coefficient (Wildman–Crippen LogP) is 4.52. The molecule has 4 rings (SSSR count). The molecule has 1 aliphatic heterocycles. The standard InChI is InChI=1S/C25H32N2O2/c28-25(19-29-23-8-2-3-9-23)26-17-22-7-1-4-10-24(22)21-13-11-20(12-14-21)18-27-15-5-6-16-27/h1,4,7,10-14,23H,2-3,5-6,8-9,15-19H2,(H,26,28). The van der Waals surface area contributed by atoms with Crippen molar-refractivity contribution in [3.05, 3.63) is 59.7 Å². The summed E-state index contributed by atoms with van der Waals surface area (Å²) in [6.45, 7) is 4.17. The first kappa shape index (κ1) is 20.1. The lowest BCUT2D eigenvalue weighted by atomic mass is 9.98. The summed E-state index contributed by atoms with van der Waals surface area (Å²) in [6, 6.07) is 17.2. The highest BCUT2D eigenvalue weighted by Gasteiger charge is 2.17. The molecular weight excluding hydrogens is 360 g/mol. The Labute approximate surface area is 174 Å². The molecule has 0 aromatic heterocycles. The summed E-state index contributed by atoms with van der Waals surface area (Å²) in [5.41, 5.74) is 4.87. The Kier molecular flexibility index (Phi) is 6.96. The van der Waals surface area contributed by atoms with Gasteiger partial charge in [-0.05, 0) is 61.0 Å². The zero-order valence-corrected chi connectivity index (χ0v) is 17.2. The van der Waals surface area contributed by atoms with E-state index in [1.807, 2.05) is 6.07 Å². The number of likely N-dealkylation sites (tertiary alicyclic amines) is 1. The molecular formula is C25H32N2O2. The van der Waals surface area contributed by atoms with E-state index in [9.17, 15) is 4.79 Å². The van der Waals surface area contributed by atoms with Gasteiger partial charge in [-0.15, -0.1) is 0 Å². The molecule has 1 N–H and O–H groups in total. The van der Waals surface area contributed by atoms with Gasteiger partial charge < -0.3 is 10.1 Å². The van der Waals surface area contributed by atoms with Crippen LogP contribution in [0.3, 0.4) is 0 Å². The SMILES string of the molecule is O=C(COC1CCCC1)NCc1ccccc1-c1ccc(CN2CCCC2)cc1. The van der Waals surface area contributed by atoms with Crippen molar-refractivity contribution >= 4 is 5.91 Å². The van der Waals surface area contributed by atoms with Crippen molar-refractivity contribution in [1.29, 1.82) is 0 Å². The smallest absolute Gasteiger partial charge is 0.246 e. The molecule has 1 amide bonds. The number of benzene rings is 2. The zero-order valence-electron chi connectivity index (χ0n) is 17.2. The monoisotopic (exact) mass is 392 g/mol. The normalized spacial score (nSPS) is 17.7. The lowest BCUT2D eigenvalue weighted by Gasteiger charge is -2.16. The van der Waals surface area contributed by atoms with Gasteiger partial charge in [-0.3, -0.25) is 9.69 Å². The van der Waals surface area contributed by atoms with E-state index in [-0.39, 0.29) is 18.6 Å². The molecule has 1 heterocycles. The number of hydrogen-bond acceptors (Lipinski definition) is 3. The van der Waals surface area contributed by atoms with Crippen LogP contribution in [0.25, 0.3) is 11.1 Å². The van der Waals surface area contributed by atoms with E-state index in [1.165, 1.54) is 55.5 Å². The van der Waals surface area contributed by atoms with E-state index >= 15 is 0 Å². The average Bonchev–Trinajstić information content (AvgIpc) is 3.46. The Hall–Kier alpha value is -2.17. The number of amides is 1. The molecule has 0 spiro atoms. The van der Waals surface area contributed by atoms with Gasteiger partial charge in [0.15, 0.2) is 0 Å². The maximum atomic E-state index is 12.2. The van der Waals surface area contributed by atoms with Gasteiger partial charge in [0.2, 0.25) is 5.91 Å². The quantitative estimate of drug-likeness (QED) is 0.718. The summed E-state index contributed by atoms with van der Waals surface area (Å²) in [7, 11) is 0. The number of carbonyl (C=O) groups excluding carboxylic acids is 1. The first-order valence-electron chi connectivity index (χ1n) is 11.1. The zero-order chi connectivity index (χ0) is 19.9. The van der Waals surface area contributed by atoms with Gasteiger partial charge in [0, 0.05) is 13.1 Å². The first-order valence-corrected chi connectivity index (χ1v) is 11.1. The van der Waals surface area contributed by atoms with Crippen LogP contribution in [0.15, 0.2) is 48.5 Å². The van der Waals surface area contributed by atoms with Gasteiger partial charge in [-0.25, -0.2) is 0 Å². The van der Waals surface area contributed by atoms with Crippen LogP contribution in [-0.2, 0) is 22.6 Å². The Bertz CT molecular complexity index is 791. The lowest BCUT2D eigenvalue weighted by Crippen LogP contribution is -2.29. The topological polar surface area (TPSA) is 41.6 Å². The summed E-state index contributed by atoms with van der Waals surface area (Å²) >= 11 is 0. The number of rotatable bonds is 8. The van der Waals surface area contributed by atoms with Crippen molar-refractivity contribution in [2.45, 2.75) is 57.7 Å². The largest absolute Gasteiger partial charge is 0.368 e. The summed E-state index contributed by atoms with van der Waals surface area (Å²) in [6.07, 6.45) is 7.53. The molecule has 0 atom stereocenters. The van der Waals surface area contributed by atoms with E-state index in [0.29, 0.717) is 6.54 Å². The molecule has 1 saturated heterocycles. The van der Waals surface area contributed by atoms with Gasteiger partial charge in [-0.2, -0.15) is 0 Å². The van der Waals surface area contributed by atoms with Crippen molar-refractivity contribution in [3.63, 3.8) is 0 Å². The molecule has 4 heteroatoms. The summed E-state index contributed by atoms with van der Waals surface area (Å²) < 4.78 is 5.72. The first-order chi connectivity index (χ1) is 14.3. The van der Waals surface area contributed by atoms with Crippen LogP contribution >= 0.6 is 0 Å². The van der Waals surface area contributed by atoms with Crippen LogP contribution < -0.4 is 5.32 Å². The molecule has 2 aromatic rings. The Morgan fingerprint density at radius 1 is 0.966 bits per heavy atom. The second kappa shape index (κ2) is 10.0. The molecule has 0 bridgehead atoms. The van der Waals surface area contributed by atoms with Crippen LogP contribution in [0.2, 0.25) is 0 Å². The third-order valence-corrected chi connectivity index (χ3v) is 6.12. The van der Waals surface area contributed by atoms with Crippen LogP contribution in [0.4, 0.5) is 0 Å². The maximum Gasteiger partial charge on any atom is 0.246 e. The Morgan fingerprint density at radius 3 is 2.45 bits per heavy atom. The fourth-order valence-corrected chi connectivity index (χ4v) is 4.44. The predicted molar refractivity (Wildman–Crippen MR) is 116 cm³/mol. The number of nitrogens with one attached hydrogen (secondary N) is 1. The highest BCUT2D eigenvalue weighted by atomic mass is 16.5. The molecule has 0 radical (unpaired) electrons.